The molecular weight excluding hydrogens is 368 g/mol. The average Bonchev–Trinajstić information content (AvgIpc) is 2.94. The smallest absolute Gasteiger partial charge is 0.184 e. The van der Waals surface area contributed by atoms with Crippen LogP contribution in [0.15, 0.2) is 48.5 Å². The van der Waals surface area contributed by atoms with Crippen molar-refractivity contribution in [3.63, 3.8) is 0 Å². The molecule has 0 amide bonds. The molecule has 2 aromatic rings. The molecule has 0 spiro atoms. The van der Waals surface area contributed by atoms with Crippen LogP contribution in [-0.2, 0) is 18.9 Å². The van der Waals surface area contributed by atoms with E-state index >= 15 is 0 Å². The zero-order valence-corrected chi connectivity index (χ0v) is 14.9. The van der Waals surface area contributed by atoms with Crippen LogP contribution in [0.1, 0.15) is 23.7 Å². The Morgan fingerprint density at radius 1 is 0.786 bits per heavy atom. The Morgan fingerprint density at radius 2 is 1.36 bits per heavy atom. The molecule has 2 heterocycles. The van der Waals surface area contributed by atoms with Crippen molar-refractivity contribution in [3.05, 3.63) is 59.7 Å². The van der Waals surface area contributed by atoms with E-state index in [2.05, 4.69) is 0 Å². The fourth-order valence-corrected chi connectivity index (χ4v) is 3.35. The van der Waals surface area contributed by atoms with Gasteiger partial charge in [-0.2, -0.15) is 0 Å². The van der Waals surface area contributed by atoms with Crippen LogP contribution in [0.5, 0.6) is 11.5 Å². The van der Waals surface area contributed by atoms with E-state index in [9.17, 15) is 20.4 Å². The fourth-order valence-electron chi connectivity index (χ4n) is 3.35. The number of ether oxygens (including phenoxy) is 4. The first-order valence-corrected chi connectivity index (χ1v) is 9.00. The van der Waals surface area contributed by atoms with Crippen LogP contribution >= 0.6 is 0 Å². The second-order valence-corrected chi connectivity index (χ2v) is 6.80. The van der Waals surface area contributed by atoms with Gasteiger partial charge in [0.15, 0.2) is 12.6 Å². The Labute approximate surface area is 161 Å². The normalized spacial score (nSPS) is 33.1. The molecule has 2 aromatic carbocycles. The average molecular weight is 390 g/mol. The summed E-state index contributed by atoms with van der Waals surface area (Å²) in [5.74, 6) is 0.222. The molecular formula is C20H22O8. The Morgan fingerprint density at radius 3 is 1.93 bits per heavy atom. The highest BCUT2D eigenvalue weighted by Crippen LogP contribution is 2.36. The van der Waals surface area contributed by atoms with Gasteiger partial charge in [-0.1, -0.05) is 24.3 Å². The van der Waals surface area contributed by atoms with Crippen molar-refractivity contribution in [2.45, 2.75) is 37.0 Å². The zero-order valence-electron chi connectivity index (χ0n) is 14.9. The molecule has 4 N–H and O–H groups in total. The summed E-state index contributed by atoms with van der Waals surface area (Å²) in [4.78, 5) is 0. The molecule has 0 radical (unpaired) electrons. The molecule has 8 heteroatoms. The molecule has 2 fully saturated rings. The van der Waals surface area contributed by atoms with E-state index < -0.39 is 43.6 Å². The van der Waals surface area contributed by atoms with Crippen molar-refractivity contribution in [3.8, 4) is 11.5 Å². The van der Waals surface area contributed by atoms with E-state index in [0.717, 1.165) is 0 Å². The summed E-state index contributed by atoms with van der Waals surface area (Å²) in [6.07, 6.45) is -5.25. The van der Waals surface area contributed by atoms with Gasteiger partial charge in [0.1, 0.15) is 35.9 Å². The number of aromatic hydroxyl groups is 2. The van der Waals surface area contributed by atoms with Crippen molar-refractivity contribution < 1.29 is 39.4 Å². The first-order chi connectivity index (χ1) is 13.5. The van der Waals surface area contributed by atoms with Gasteiger partial charge in [-0.15, -0.1) is 0 Å². The zero-order chi connectivity index (χ0) is 19.7. The summed E-state index contributed by atoms with van der Waals surface area (Å²) in [6, 6.07) is 12.6. The largest absolute Gasteiger partial charge is 0.508 e. The molecule has 2 aliphatic rings. The predicted molar refractivity (Wildman–Crippen MR) is 95.4 cm³/mol. The van der Waals surface area contributed by atoms with Gasteiger partial charge in [-0.25, -0.2) is 0 Å². The van der Waals surface area contributed by atoms with Crippen LogP contribution in [0.2, 0.25) is 0 Å². The summed E-state index contributed by atoms with van der Waals surface area (Å²) < 4.78 is 23.6. The lowest BCUT2D eigenvalue weighted by Gasteiger charge is -2.29. The van der Waals surface area contributed by atoms with Crippen LogP contribution < -0.4 is 0 Å². The minimum Gasteiger partial charge on any atom is -0.508 e. The van der Waals surface area contributed by atoms with Gasteiger partial charge in [0.25, 0.3) is 0 Å². The second kappa shape index (κ2) is 8.04. The summed E-state index contributed by atoms with van der Waals surface area (Å²) in [5, 5.41) is 39.6. The minimum atomic E-state index is -1.08. The topological polar surface area (TPSA) is 118 Å². The van der Waals surface area contributed by atoms with Crippen molar-refractivity contribution in [2.75, 3.05) is 13.2 Å². The Hall–Kier alpha value is -2.20. The number of aliphatic hydroxyl groups is 2. The van der Waals surface area contributed by atoms with Crippen molar-refractivity contribution in [2.24, 2.45) is 0 Å². The van der Waals surface area contributed by atoms with Crippen molar-refractivity contribution >= 4 is 0 Å². The summed E-state index contributed by atoms with van der Waals surface area (Å²) in [7, 11) is 0. The molecule has 2 bridgehead atoms. The number of rotatable bonds is 3. The molecule has 2 saturated heterocycles. The molecule has 6 atom stereocenters. The van der Waals surface area contributed by atoms with Gasteiger partial charge in [0, 0.05) is 11.1 Å². The maximum absolute atomic E-state index is 10.8. The van der Waals surface area contributed by atoms with E-state index in [0.29, 0.717) is 11.1 Å². The van der Waals surface area contributed by atoms with Crippen molar-refractivity contribution in [1.82, 2.24) is 0 Å². The number of benzene rings is 2. The second-order valence-electron chi connectivity index (χ2n) is 6.80. The molecule has 4 rings (SSSR count). The standard InChI is InChI=1S/C20H22O8/c21-9-15-18-17(24)16(27-20(26-15)12-3-7-14(23)8-4-12)10-25-19(28-18)11-1-5-13(22)6-2-11/h1-8,15-24H,9-10H2/t15-,16+,17-,18-,19?,20?/m1/s1. The molecule has 2 aliphatic heterocycles. The summed E-state index contributed by atoms with van der Waals surface area (Å²) >= 11 is 0. The van der Waals surface area contributed by atoms with E-state index in [1.54, 1.807) is 24.3 Å². The quantitative estimate of drug-likeness (QED) is 0.620. The lowest BCUT2D eigenvalue weighted by Crippen LogP contribution is -2.45. The van der Waals surface area contributed by atoms with Gasteiger partial charge >= 0.3 is 0 Å². The number of aliphatic hydroxyl groups excluding tert-OH is 2. The molecule has 0 aliphatic carbocycles. The molecule has 0 saturated carbocycles. The van der Waals surface area contributed by atoms with Crippen LogP contribution in [0.3, 0.4) is 0 Å². The fraction of sp³-hybridized carbons (Fsp3) is 0.400. The third kappa shape index (κ3) is 3.83. The van der Waals surface area contributed by atoms with Crippen LogP contribution in [-0.4, -0.2) is 58.1 Å². The van der Waals surface area contributed by atoms with Crippen LogP contribution in [0, 0.1) is 0 Å². The highest BCUT2D eigenvalue weighted by atomic mass is 16.7. The molecule has 150 valence electrons. The van der Waals surface area contributed by atoms with E-state index in [-0.39, 0.29) is 18.1 Å². The Kier molecular flexibility index (Phi) is 5.49. The maximum atomic E-state index is 10.8. The number of phenols is 2. The number of phenolic OH excluding ortho intramolecular Hbond substituents is 2. The first kappa shape index (κ1) is 19.1. The third-order valence-corrected chi connectivity index (χ3v) is 4.88. The van der Waals surface area contributed by atoms with Crippen molar-refractivity contribution in [1.29, 1.82) is 0 Å². The third-order valence-electron chi connectivity index (χ3n) is 4.88. The van der Waals surface area contributed by atoms with Crippen LogP contribution in [0.25, 0.3) is 0 Å². The predicted octanol–water partition coefficient (Wildman–Crippen LogP) is 1.35. The molecule has 2 unspecified atom stereocenters. The first-order valence-electron chi connectivity index (χ1n) is 9.00. The van der Waals surface area contributed by atoms with E-state index in [1.807, 2.05) is 0 Å². The molecule has 28 heavy (non-hydrogen) atoms. The highest BCUT2D eigenvalue weighted by Gasteiger charge is 2.46. The van der Waals surface area contributed by atoms with Gasteiger partial charge in [0.05, 0.1) is 13.2 Å². The minimum absolute atomic E-state index is 0.0410. The van der Waals surface area contributed by atoms with E-state index in [1.165, 1.54) is 24.3 Å². The lowest BCUT2D eigenvalue weighted by molar-refractivity contribution is -0.249. The van der Waals surface area contributed by atoms with Crippen LogP contribution in [0.4, 0.5) is 0 Å². The van der Waals surface area contributed by atoms with Gasteiger partial charge in [0.2, 0.25) is 0 Å². The van der Waals surface area contributed by atoms with Gasteiger partial charge < -0.3 is 39.4 Å². The Bertz CT molecular complexity index is 776. The maximum Gasteiger partial charge on any atom is 0.184 e. The van der Waals surface area contributed by atoms with Gasteiger partial charge in [-0.3, -0.25) is 0 Å². The molecule has 0 aromatic heterocycles. The highest BCUT2D eigenvalue weighted by molar-refractivity contribution is 5.28. The summed E-state index contributed by atoms with van der Waals surface area (Å²) in [6.45, 7) is -0.353. The summed E-state index contributed by atoms with van der Waals surface area (Å²) in [5.41, 5.74) is 1.28. The number of hydrogen-bond acceptors (Lipinski definition) is 8. The Balaban J connectivity index is 1.59. The van der Waals surface area contributed by atoms with Gasteiger partial charge in [-0.05, 0) is 24.3 Å². The SMILES string of the molecule is OC[C@H]1OC(c2ccc(O)cc2)O[C@H]2COC(c3ccc(O)cc3)O[C@H]1[C@@H]2O. The lowest BCUT2D eigenvalue weighted by atomic mass is 10.0. The van der Waals surface area contributed by atoms with E-state index in [4.69, 9.17) is 18.9 Å². The monoisotopic (exact) mass is 390 g/mol. The number of fused-ring (bicyclic) bond motifs is 2. The number of hydrogen-bond donors (Lipinski definition) is 4. The molecule has 8 nitrogen and oxygen atoms in total.